The van der Waals surface area contributed by atoms with Crippen LogP contribution in [0.1, 0.15) is 20.8 Å². The highest BCUT2D eigenvalue weighted by Crippen LogP contribution is 2.21. The van der Waals surface area contributed by atoms with Crippen LogP contribution in [0.3, 0.4) is 0 Å². The van der Waals surface area contributed by atoms with Crippen LogP contribution in [0, 0.1) is 0 Å². The van der Waals surface area contributed by atoms with E-state index in [2.05, 4.69) is 26.1 Å². The lowest BCUT2D eigenvalue weighted by Gasteiger charge is -2.20. The van der Waals surface area contributed by atoms with Crippen molar-refractivity contribution in [3.05, 3.63) is 0 Å². The molecule has 0 heterocycles. The second-order valence-corrected chi connectivity index (χ2v) is 6.53. The number of likely N-dealkylation sites (N-methyl/N-ethyl adjacent to an activating group) is 1. The van der Waals surface area contributed by atoms with E-state index in [1.807, 2.05) is 11.8 Å². The van der Waals surface area contributed by atoms with Crippen molar-refractivity contribution in [2.24, 2.45) is 0 Å². The van der Waals surface area contributed by atoms with Gasteiger partial charge in [0.1, 0.15) is 0 Å². The molecule has 4 nitrogen and oxygen atoms in total. The van der Waals surface area contributed by atoms with Gasteiger partial charge in [0.15, 0.2) is 0 Å². The fourth-order valence-electron chi connectivity index (χ4n) is 0.980. The molecule has 0 aromatic heterocycles. The minimum Gasteiger partial charge on any atom is -0.383 e. The van der Waals surface area contributed by atoms with Crippen molar-refractivity contribution in [2.75, 3.05) is 39.6 Å². The van der Waals surface area contributed by atoms with Gasteiger partial charge in [0.2, 0.25) is 0 Å². The molecule has 0 unspecified atom stereocenters. The van der Waals surface area contributed by atoms with Gasteiger partial charge < -0.3 is 15.0 Å². The zero-order chi connectivity index (χ0) is 12.6. The average molecular weight is 248 g/mol. The molecule has 2 amide bonds. The molecule has 0 aliphatic rings. The predicted octanol–water partition coefficient (Wildman–Crippen LogP) is 1.81. The normalized spacial score (nSPS) is 11.3. The van der Waals surface area contributed by atoms with Crippen LogP contribution in [0.5, 0.6) is 0 Å². The third-order valence-electron chi connectivity index (χ3n) is 1.89. The fourth-order valence-corrected chi connectivity index (χ4v) is 1.80. The Hall–Kier alpha value is -0.420. The molecule has 5 heteroatoms. The van der Waals surface area contributed by atoms with Gasteiger partial charge in [0.05, 0.1) is 6.61 Å². The van der Waals surface area contributed by atoms with Gasteiger partial charge in [-0.3, -0.25) is 0 Å². The first-order valence-electron chi connectivity index (χ1n) is 5.48. The number of carbonyl (C=O) groups excluding carboxylic acids is 1. The van der Waals surface area contributed by atoms with E-state index in [9.17, 15) is 4.79 Å². The van der Waals surface area contributed by atoms with Gasteiger partial charge in [-0.25, -0.2) is 4.79 Å². The maximum Gasteiger partial charge on any atom is 0.317 e. The third kappa shape index (κ3) is 8.85. The van der Waals surface area contributed by atoms with Crippen LogP contribution in [-0.4, -0.2) is 55.3 Å². The molecule has 0 aliphatic carbocycles. The molecule has 0 aliphatic heterocycles. The lowest BCUT2D eigenvalue weighted by atomic mass is 10.3. The van der Waals surface area contributed by atoms with Crippen LogP contribution >= 0.6 is 11.8 Å². The summed E-state index contributed by atoms with van der Waals surface area (Å²) >= 11 is 1.85. The number of methoxy groups -OCH3 is 1. The molecule has 96 valence electrons. The molecule has 0 aromatic rings. The van der Waals surface area contributed by atoms with Crippen LogP contribution in [-0.2, 0) is 4.74 Å². The van der Waals surface area contributed by atoms with E-state index in [-0.39, 0.29) is 10.8 Å². The van der Waals surface area contributed by atoms with Gasteiger partial charge >= 0.3 is 6.03 Å². The summed E-state index contributed by atoms with van der Waals surface area (Å²) in [5.41, 5.74) is 0. The average Bonchev–Trinajstić information content (AvgIpc) is 2.19. The Labute approximate surface area is 103 Å². The first kappa shape index (κ1) is 15.6. The first-order chi connectivity index (χ1) is 7.37. The maximum absolute atomic E-state index is 11.5. The second-order valence-electron chi connectivity index (χ2n) is 4.61. The van der Waals surface area contributed by atoms with Crippen molar-refractivity contribution in [3.8, 4) is 0 Å². The standard InChI is InChI=1S/C11H24N2O2S/c1-11(2,3)16-9-6-12-10(14)13(4)7-8-15-5/h6-9H2,1-5H3,(H,12,14). The predicted molar refractivity (Wildman–Crippen MR) is 70.1 cm³/mol. The molecule has 0 saturated heterocycles. The van der Waals surface area contributed by atoms with Gasteiger partial charge in [-0.15, -0.1) is 0 Å². The van der Waals surface area contributed by atoms with Crippen LogP contribution in [0.2, 0.25) is 0 Å². The van der Waals surface area contributed by atoms with Gasteiger partial charge in [-0.05, 0) is 0 Å². The molecule has 0 rings (SSSR count). The van der Waals surface area contributed by atoms with Crippen LogP contribution < -0.4 is 5.32 Å². The summed E-state index contributed by atoms with van der Waals surface area (Å²) in [6.45, 7) is 8.41. The lowest BCUT2D eigenvalue weighted by Crippen LogP contribution is -2.40. The van der Waals surface area contributed by atoms with Crippen LogP contribution in [0.25, 0.3) is 0 Å². The Morgan fingerprint density at radius 3 is 2.56 bits per heavy atom. The second kappa shape index (κ2) is 7.79. The van der Waals surface area contributed by atoms with E-state index in [0.717, 1.165) is 5.75 Å². The van der Waals surface area contributed by atoms with Crippen molar-refractivity contribution in [1.29, 1.82) is 0 Å². The number of nitrogens with one attached hydrogen (secondary N) is 1. The third-order valence-corrected chi connectivity index (χ3v) is 3.17. The quantitative estimate of drug-likeness (QED) is 0.729. The molecule has 0 atom stereocenters. The van der Waals surface area contributed by atoms with Crippen molar-refractivity contribution in [1.82, 2.24) is 10.2 Å². The Morgan fingerprint density at radius 1 is 1.44 bits per heavy atom. The largest absolute Gasteiger partial charge is 0.383 e. The van der Waals surface area contributed by atoms with E-state index in [4.69, 9.17) is 4.74 Å². The van der Waals surface area contributed by atoms with E-state index >= 15 is 0 Å². The Balaban J connectivity index is 3.57. The number of nitrogens with zero attached hydrogens (tertiary/aromatic N) is 1. The Bertz CT molecular complexity index is 205. The van der Waals surface area contributed by atoms with Crippen molar-refractivity contribution in [2.45, 2.75) is 25.5 Å². The minimum atomic E-state index is -0.0356. The Morgan fingerprint density at radius 2 is 2.06 bits per heavy atom. The zero-order valence-electron chi connectivity index (χ0n) is 11.0. The molecule has 0 spiro atoms. The van der Waals surface area contributed by atoms with E-state index in [1.54, 1.807) is 19.1 Å². The summed E-state index contributed by atoms with van der Waals surface area (Å²) in [4.78, 5) is 13.2. The number of hydrogen-bond donors (Lipinski definition) is 1. The summed E-state index contributed by atoms with van der Waals surface area (Å²) in [6.07, 6.45) is 0. The summed E-state index contributed by atoms with van der Waals surface area (Å²) in [6, 6.07) is -0.0356. The molecular formula is C11H24N2O2S. The van der Waals surface area contributed by atoms with Gasteiger partial charge in [-0.2, -0.15) is 11.8 Å². The van der Waals surface area contributed by atoms with Gasteiger partial charge in [-0.1, -0.05) is 20.8 Å². The van der Waals surface area contributed by atoms with Crippen LogP contribution in [0.4, 0.5) is 4.79 Å². The van der Waals surface area contributed by atoms with Crippen molar-refractivity contribution < 1.29 is 9.53 Å². The van der Waals surface area contributed by atoms with E-state index in [0.29, 0.717) is 19.7 Å². The first-order valence-corrected chi connectivity index (χ1v) is 6.47. The van der Waals surface area contributed by atoms with Gasteiger partial charge in [0, 0.05) is 37.7 Å². The lowest BCUT2D eigenvalue weighted by molar-refractivity contribution is 0.160. The molecule has 0 saturated carbocycles. The highest BCUT2D eigenvalue weighted by molar-refractivity contribution is 8.00. The molecule has 0 fully saturated rings. The maximum atomic E-state index is 11.5. The highest BCUT2D eigenvalue weighted by atomic mass is 32.2. The Kier molecular flexibility index (Phi) is 7.58. The number of ether oxygens (including phenoxy) is 1. The molecule has 0 radical (unpaired) electrons. The molecular weight excluding hydrogens is 224 g/mol. The monoisotopic (exact) mass is 248 g/mol. The molecule has 0 aromatic carbocycles. The topological polar surface area (TPSA) is 41.6 Å². The summed E-state index contributed by atoms with van der Waals surface area (Å²) in [7, 11) is 3.40. The summed E-state index contributed by atoms with van der Waals surface area (Å²) in [5, 5.41) is 2.87. The van der Waals surface area contributed by atoms with Crippen LogP contribution in [0.15, 0.2) is 0 Å². The SMILES string of the molecule is COCCN(C)C(=O)NCCSC(C)(C)C. The molecule has 0 bridgehead atoms. The minimum absolute atomic E-state index is 0.0356. The number of rotatable bonds is 6. The van der Waals surface area contributed by atoms with E-state index < -0.39 is 0 Å². The van der Waals surface area contributed by atoms with E-state index in [1.165, 1.54) is 0 Å². The fraction of sp³-hybridized carbons (Fsp3) is 0.909. The number of hydrogen-bond acceptors (Lipinski definition) is 3. The highest BCUT2D eigenvalue weighted by Gasteiger charge is 2.11. The summed E-state index contributed by atoms with van der Waals surface area (Å²) < 4.78 is 5.16. The molecule has 16 heavy (non-hydrogen) atoms. The number of carbonyl (C=O) groups is 1. The zero-order valence-corrected chi connectivity index (χ0v) is 11.8. The number of urea groups is 1. The number of thioether (sulfide) groups is 1. The van der Waals surface area contributed by atoms with Crippen molar-refractivity contribution >= 4 is 17.8 Å². The van der Waals surface area contributed by atoms with Gasteiger partial charge in [0.25, 0.3) is 0 Å². The smallest absolute Gasteiger partial charge is 0.317 e. The summed E-state index contributed by atoms with van der Waals surface area (Å²) in [5.74, 6) is 0.938. The van der Waals surface area contributed by atoms with Crippen molar-refractivity contribution in [3.63, 3.8) is 0 Å². The number of amides is 2. The molecule has 1 N–H and O–H groups in total.